The maximum atomic E-state index is 13.9. The Bertz CT molecular complexity index is 461. The molecule has 0 amide bonds. The molecule has 1 heterocycles. The normalized spacial score (nSPS) is 16.8. The van der Waals surface area contributed by atoms with Gasteiger partial charge in [0, 0.05) is 10.9 Å². The summed E-state index contributed by atoms with van der Waals surface area (Å²) in [5.74, 6) is -0.431. The number of halogens is 3. The lowest BCUT2D eigenvalue weighted by atomic mass is 9.90. The average molecular weight is 335 g/mol. The van der Waals surface area contributed by atoms with E-state index >= 15 is 0 Å². The third-order valence-corrected chi connectivity index (χ3v) is 4.53. The molecule has 0 spiro atoms. The lowest BCUT2D eigenvalue weighted by Crippen LogP contribution is -2.29. The molecule has 1 fully saturated rings. The molecule has 1 aromatic carbocycles. The van der Waals surface area contributed by atoms with Gasteiger partial charge in [0.05, 0.1) is 10.6 Å². The van der Waals surface area contributed by atoms with E-state index in [0.717, 1.165) is 25.9 Å². The number of hydrogen-bond donors (Lipinski definition) is 1. The van der Waals surface area contributed by atoms with Crippen molar-refractivity contribution in [2.75, 3.05) is 13.1 Å². The maximum absolute atomic E-state index is 13.9. The summed E-state index contributed by atoms with van der Waals surface area (Å²) < 4.78 is 14.3. The van der Waals surface area contributed by atoms with E-state index in [4.69, 9.17) is 11.6 Å². The molecule has 2 rings (SSSR count). The van der Waals surface area contributed by atoms with Crippen molar-refractivity contribution in [2.45, 2.75) is 19.3 Å². The fourth-order valence-electron chi connectivity index (χ4n) is 2.20. The van der Waals surface area contributed by atoms with E-state index < -0.39 is 5.82 Å². The maximum Gasteiger partial charge on any atom is 0.166 e. The van der Waals surface area contributed by atoms with Crippen molar-refractivity contribution in [1.29, 1.82) is 0 Å². The van der Waals surface area contributed by atoms with E-state index in [9.17, 15) is 9.18 Å². The summed E-state index contributed by atoms with van der Waals surface area (Å²) >= 11 is 8.92. The standard InChI is InChI=1S/C13H14BrClFNO/c14-10-2-1-9(13(16)12(10)15)11(18)7-8-3-5-17-6-4-8/h1-2,8,17H,3-7H2. The monoisotopic (exact) mass is 333 g/mol. The molecule has 0 atom stereocenters. The highest BCUT2D eigenvalue weighted by Crippen LogP contribution is 2.29. The first kappa shape index (κ1) is 14.0. The van der Waals surface area contributed by atoms with Gasteiger partial charge >= 0.3 is 0 Å². The van der Waals surface area contributed by atoms with E-state index in [1.165, 1.54) is 6.07 Å². The number of rotatable bonds is 3. The smallest absolute Gasteiger partial charge is 0.166 e. The lowest BCUT2D eigenvalue weighted by molar-refractivity contribution is 0.0948. The molecule has 0 unspecified atom stereocenters. The van der Waals surface area contributed by atoms with Crippen LogP contribution >= 0.6 is 27.5 Å². The predicted molar refractivity (Wildman–Crippen MR) is 73.7 cm³/mol. The minimum atomic E-state index is -0.620. The largest absolute Gasteiger partial charge is 0.317 e. The molecule has 1 saturated heterocycles. The summed E-state index contributed by atoms with van der Waals surface area (Å²) in [6.45, 7) is 1.86. The van der Waals surface area contributed by atoms with Gasteiger partial charge in [0.1, 0.15) is 0 Å². The molecule has 0 saturated carbocycles. The highest BCUT2D eigenvalue weighted by Gasteiger charge is 2.21. The fraction of sp³-hybridized carbons (Fsp3) is 0.462. The van der Waals surface area contributed by atoms with Gasteiger partial charge in [-0.05, 0) is 59.9 Å². The molecule has 0 radical (unpaired) electrons. The highest BCUT2D eigenvalue weighted by atomic mass is 79.9. The van der Waals surface area contributed by atoms with Gasteiger partial charge in [-0.3, -0.25) is 4.79 Å². The van der Waals surface area contributed by atoms with Crippen LogP contribution in [-0.2, 0) is 0 Å². The zero-order valence-electron chi connectivity index (χ0n) is 9.81. The van der Waals surface area contributed by atoms with E-state index in [2.05, 4.69) is 21.2 Å². The van der Waals surface area contributed by atoms with Crippen LogP contribution < -0.4 is 5.32 Å². The molecule has 5 heteroatoms. The molecule has 2 nitrogen and oxygen atoms in total. The Morgan fingerprint density at radius 2 is 2.11 bits per heavy atom. The lowest BCUT2D eigenvalue weighted by Gasteiger charge is -2.21. The van der Waals surface area contributed by atoms with Crippen molar-refractivity contribution in [3.63, 3.8) is 0 Å². The van der Waals surface area contributed by atoms with Gasteiger partial charge in [-0.15, -0.1) is 0 Å². The fourth-order valence-corrected chi connectivity index (χ4v) is 2.67. The van der Waals surface area contributed by atoms with Gasteiger partial charge in [0.2, 0.25) is 0 Å². The van der Waals surface area contributed by atoms with Crippen LogP contribution in [0.5, 0.6) is 0 Å². The summed E-state index contributed by atoms with van der Waals surface area (Å²) in [5.41, 5.74) is 0.0988. The number of nitrogens with one attached hydrogen (secondary N) is 1. The number of hydrogen-bond acceptors (Lipinski definition) is 2. The van der Waals surface area contributed by atoms with E-state index in [1.54, 1.807) is 6.07 Å². The minimum Gasteiger partial charge on any atom is -0.317 e. The Morgan fingerprint density at radius 1 is 1.44 bits per heavy atom. The van der Waals surface area contributed by atoms with Gasteiger partial charge in [-0.1, -0.05) is 11.6 Å². The first-order valence-corrected chi connectivity index (χ1v) is 7.14. The number of Topliss-reactive ketones (excluding diaryl/α,β-unsaturated/α-hetero) is 1. The molecule has 1 aliphatic heterocycles. The minimum absolute atomic E-state index is 0.0221. The van der Waals surface area contributed by atoms with Crippen LogP contribution in [0.4, 0.5) is 4.39 Å². The van der Waals surface area contributed by atoms with Gasteiger partial charge in [0.25, 0.3) is 0 Å². The van der Waals surface area contributed by atoms with Gasteiger partial charge in [-0.25, -0.2) is 4.39 Å². The van der Waals surface area contributed by atoms with E-state index in [-0.39, 0.29) is 16.4 Å². The third kappa shape index (κ3) is 3.11. The summed E-state index contributed by atoms with van der Waals surface area (Å²) in [4.78, 5) is 12.1. The number of piperidine rings is 1. The molecule has 0 aromatic heterocycles. The van der Waals surface area contributed by atoms with Gasteiger partial charge < -0.3 is 5.32 Å². The summed E-state index contributed by atoms with van der Waals surface area (Å²) in [6, 6.07) is 3.11. The zero-order chi connectivity index (χ0) is 13.1. The van der Waals surface area contributed by atoms with Crippen LogP contribution in [0, 0.1) is 11.7 Å². The van der Waals surface area contributed by atoms with Crippen LogP contribution in [-0.4, -0.2) is 18.9 Å². The van der Waals surface area contributed by atoms with Crippen molar-refractivity contribution in [1.82, 2.24) is 5.32 Å². The molecule has 98 valence electrons. The van der Waals surface area contributed by atoms with Crippen LogP contribution in [0.2, 0.25) is 5.02 Å². The Morgan fingerprint density at radius 3 is 2.78 bits per heavy atom. The number of carbonyl (C=O) groups is 1. The third-order valence-electron chi connectivity index (χ3n) is 3.27. The Kier molecular flexibility index (Phi) is 4.76. The predicted octanol–water partition coefficient (Wildman–Crippen LogP) is 3.81. The van der Waals surface area contributed by atoms with Gasteiger partial charge in [0.15, 0.2) is 11.6 Å². The summed E-state index contributed by atoms with van der Waals surface area (Å²) in [5, 5.41) is 3.22. The van der Waals surface area contributed by atoms with Crippen molar-refractivity contribution in [2.24, 2.45) is 5.92 Å². The van der Waals surface area contributed by atoms with Crippen molar-refractivity contribution < 1.29 is 9.18 Å². The van der Waals surface area contributed by atoms with Crippen LogP contribution in [0.3, 0.4) is 0 Å². The Balaban J connectivity index is 2.11. The molecular formula is C13H14BrClFNO. The van der Waals surface area contributed by atoms with Crippen LogP contribution in [0.25, 0.3) is 0 Å². The highest BCUT2D eigenvalue weighted by molar-refractivity contribution is 9.10. The summed E-state index contributed by atoms with van der Waals surface area (Å²) in [6.07, 6.45) is 2.34. The Labute approximate surface area is 119 Å². The number of carbonyl (C=O) groups excluding carboxylic acids is 1. The number of ketones is 1. The molecule has 1 aliphatic rings. The molecule has 1 aromatic rings. The average Bonchev–Trinajstić information content (AvgIpc) is 2.37. The second-order valence-electron chi connectivity index (χ2n) is 4.54. The second-order valence-corrected chi connectivity index (χ2v) is 5.78. The summed E-state index contributed by atoms with van der Waals surface area (Å²) in [7, 11) is 0. The zero-order valence-corrected chi connectivity index (χ0v) is 12.2. The number of benzene rings is 1. The first-order chi connectivity index (χ1) is 8.59. The SMILES string of the molecule is O=C(CC1CCNCC1)c1ccc(Br)c(Cl)c1F. The van der Waals surface area contributed by atoms with Crippen molar-refractivity contribution >= 4 is 33.3 Å². The topological polar surface area (TPSA) is 29.1 Å². The quantitative estimate of drug-likeness (QED) is 0.672. The molecule has 0 aliphatic carbocycles. The van der Waals surface area contributed by atoms with Crippen molar-refractivity contribution in [3.05, 3.63) is 33.0 Å². The molecule has 1 N–H and O–H groups in total. The van der Waals surface area contributed by atoms with Crippen molar-refractivity contribution in [3.8, 4) is 0 Å². The first-order valence-electron chi connectivity index (χ1n) is 5.97. The van der Waals surface area contributed by atoms with Crippen LogP contribution in [0.15, 0.2) is 16.6 Å². The molecule has 0 bridgehead atoms. The van der Waals surface area contributed by atoms with E-state index in [0.29, 0.717) is 16.8 Å². The van der Waals surface area contributed by atoms with Crippen LogP contribution in [0.1, 0.15) is 29.6 Å². The molecular weight excluding hydrogens is 321 g/mol. The molecule has 18 heavy (non-hydrogen) atoms. The Hall–Kier alpha value is -0.450. The second kappa shape index (κ2) is 6.13. The van der Waals surface area contributed by atoms with Gasteiger partial charge in [-0.2, -0.15) is 0 Å². The van der Waals surface area contributed by atoms with E-state index in [1.807, 2.05) is 0 Å².